The molecule has 2 aliphatic heterocycles. The van der Waals surface area contributed by atoms with Gasteiger partial charge in [-0.2, -0.15) is 0 Å². The molecule has 0 radical (unpaired) electrons. The first kappa shape index (κ1) is 13.3. The van der Waals surface area contributed by atoms with Crippen molar-refractivity contribution < 1.29 is 13.2 Å². The maximum absolute atomic E-state index is 11.5. The molecule has 100 valence electrons. The van der Waals surface area contributed by atoms with Crippen molar-refractivity contribution in [1.82, 2.24) is 10.2 Å². The molecule has 0 aromatic heterocycles. The predicted molar refractivity (Wildman–Crippen MR) is 66.9 cm³/mol. The van der Waals surface area contributed by atoms with Gasteiger partial charge in [0, 0.05) is 25.7 Å². The van der Waals surface area contributed by atoms with Crippen LogP contribution >= 0.6 is 0 Å². The van der Waals surface area contributed by atoms with Gasteiger partial charge in [-0.3, -0.25) is 4.90 Å². The van der Waals surface area contributed by atoms with Crippen LogP contribution < -0.4 is 5.32 Å². The first-order chi connectivity index (χ1) is 8.08. The molecule has 0 bridgehead atoms. The lowest BCUT2D eigenvalue weighted by molar-refractivity contribution is -0.0243. The van der Waals surface area contributed by atoms with Crippen LogP contribution in [0.15, 0.2) is 0 Å². The van der Waals surface area contributed by atoms with Gasteiger partial charge in [0.05, 0.1) is 24.2 Å². The van der Waals surface area contributed by atoms with E-state index in [1.807, 2.05) is 0 Å². The number of ether oxygens (including phenoxy) is 1. The van der Waals surface area contributed by atoms with Crippen molar-refractivity contribution in [2.75, 3.05) is 44.3 Å². The van der Waals surface area contributed by atoms with Crippen molar-refractivity contribution >= 4 is 9.84 Å². The fourth-order valence-electron chi connectivity index (χ4n) is 2.50. The second kappa shape index (κ2) is 5.65. The summed E-state index contributed by atoms with van der Waals surface area (Å²) in [5.41, 5.74) is 0. The number of rotatable bonds is 2. The smallest absolute Gasteiger partial charge is 0.151 e. The number of hydrogen-bond acceptors (Lipinski definition) is 5. The minimum Gasteiger partial charge on any atom is -0.374 e. The van der Waals surface area contributed by atoms with Crippen molar-refractivity contribution in [3.8, 4) is 0 Å². The van der Waals surface area contributed by atoms with E-state index in [4.69, 9.17) is 4.74 Å². The predicted octanol–water partition coefficient (Wildman–Crippen LogP) is -0.516. The minimum absolute atomic E-state index is 0.185. The van der Waals surface area contributed by atoms with Crippen molar-refractivity contribution in [2.24, 2.45) is 0 Å². The molecule has 17 heavy (non-hydrogen) atoms. The molecule has 0 saturated carbocycles. The Hall–Kier alpha value is -0.170. The second-order valence-corrected chi connectivity index (χ2v) is 7.20. The lowest BCUT2D eigenvalue weighted by Crippen LogP contribution is -2.51. The first-order valence-corrected chi connectivity index (χ1v) is 8.17. The Morgan fingerprint density at radius 1 is 1.35 bits per heavy atom. The van der Waals surface area contributed by atoms with Gasteiger partial charge >= 0.3 is 0 Å². The third kappa shape index (κ3) is 3.64. The van der Waals surface area contributed by atoms with Gasteiger partial charge in [-0.1, -0.05) is 0 Å². The van der Waals surface area contributed by atoms with E-state index >= 15 is 0 Å². The summed E-state index contributed by atoms with van der Waals surface area (Å²) in [7, 11) is -2.81. The summed E-state index contributed by atoms with van der Waals surface area (Å²) in [6.07, 6.45) is 0.928. The van der Waals surface area contributed by atoms with Crippen LogP contribution in [0.5, 0.6) is 0 Å². The zero-order valence-corrected chi connectivity index (χ0v) is 11.2. The Kier molecular flexibility index (Phi) is 4.41. The summed E-state index contributed by atoms with van der Waals surface area (Å²) in [4.78, 5) is 2.25. The van der Waals surface area contributed by atoms with Gasteiger partial charge in [0.2, 0.25) is 0 Å². The zero-order valence-electron chi connectivity index (χ0n) is 10.4. The number of sulfone groups is 1. The van der Waals surface area contributed by atoms with Crippen LogP contribution in [0.1, 0.15) is 13.3 Å². The van der Waals surface area contributed by atoms with E-state index in [0.29, 0.717) is 12.3 Å². The molecule has 2 heterocycles. The van der Waals surface area contributed by atoms with E-state index in [0.717, 1.165) is 32.7 Å². The molecule has 0 aliphatic carbocycles. The van der Waals surface area contributed by atoms with Crippen LogP contribution in [0, 0.1) is 0 Å². The Labute approximate surface area is 103 Å². The molecule has 2 rings (SSSR count). The molecule has 0 aromatic rings. The Bertz CT molecular complexity index is 339. The summed E-state index contributed by atoms with van der Waals surface area (Å²) < 4.78 is 28.8. The highest BCUT2D eigenvalue weighted by Crippen LogP contribution is 2.14. The lowest BCUT2D eigenvalue weighted by atomic mass is 10.1. The molecule has 6 heteroatoms. The molecule has 5 nitrogen and oxygen atoms in total. The fraction of sp³-hybridized carbons (Fsp3) is 1.00. The van der Waals surface area contributed by atoms with Crippen LogP contribution in [0.25, 0.3) is 0 Å². The van der Waals surface area contributed by atoms with Gasteiger partial charge in [0.1, 0.15) is 0 Å². The van der Waals surface area contributed by atoms with Gasteiger partial charge in [0.25, 0.3) is 0 Å². The van der Waals surface area contributed by atoms with Crippen molar-refractivity contribution in [3.05, 3.63) is 0 Å². The molecule has 2 saturated heterocycles. The highest BCUT2D eigenvalue weighted by Gasteiger charge is 2.28. The van der Waals surface area contributed by atoms with Crippen molar-refractivity contribution in [2.45, 2.75) is 25.5 Å². The van der Waals surface area contributed by atoms with Crippen LogP contribution in [0.3, 0.4) is 0 Å². The molecule has 2 aliphatic rings. The lowest BCUT2D eigenvalue weighted by Gasteiger charge is -2.35. The average molecular weight is 262 g/mol. The fourth-order valence-corrected chi connectivity index (χ4v) is 3.78. The normalized spacial score (nSPS) is 32.9. The first-order valence-electron chi connectivity index (χ1n) is 6.35. The molecule has 0 amide bonds. The van der Waals surface area contributed by atoms with Crippen LogP contribution in [-0.4, -0.2) is 69.8 Å². The maximum Gasteiger partial charge on any atom is 0.151 e. The van der Waals surface area contributed by atoms with Crippen molar-refractivity contribution in [3.63, 3.8) is 0 Å². The molecule has 2 fully saturated rings. The average Bonchev–Trinajstić information content (AvgIpc) is 2.50. The monoisotopic (exact) mass is 262 g/mol. The van der Waals surface area contributed by atoms with Crippen LogP contribution in [-0.2, 0) is 14.6 Å². The van der Waals surface area contributed by atoms with E-state index in [1.165, 1.54) is 0 Å². The standard InChI is InChI=1S/C11H22N2O3S/c1-10(11-9-12-3-6-16-11)13-4-2-7-17(14,15)8-5-13/h10-12H,2-9H2,1H3. The van der Waals surface area contributed by atoms with E-state index < -0.39 is 9.84 Å². The van der Waals surface area contributed by atoms with E-state index in [-0.39, 0.29) is 17.9 Å². The van der Waals surface area contributed by atoms with E-state index in [1.54, 1.807) is 0 Å². The number of nitrogens with zero attached hydrogens (tertiary/aromatic N) is 1. The van der Waals surface area contributed by atoms with Crippen molar-refractivity contribution in [1.29, 1.82) is 0 Å². The van der Waals surface area contributed by atoms with Gasteiger partial charge in [0.15, 0.2) is 9.84 Å². The summed E-state index contributed by atoms with van der Waals surface area (Å²) >= 11 is 0. The minimum atomic E-state index is -2.81. The summed E-state index contributed by atoms with van der Waals surface area (Å²) in [5.74, 6) is 0.623. The van der Waals surface area contributed by atoms with E-state index in [9.17, 15) is 8.42 Å². The van der Waals surface area contributed by atoms with Gasteiger partial charge in [-0.15, -0.1) is 0 Å². The molecular formula is C11H22N2O3S. The molecule has 1 N–H and O–H groups in total. The Balaban J connectivity index is 1.92. The Morgan fingerprint density at radius 2 is 2.18 bits per heavy atom. The van der Waals surface area contributed by atoms with Crippen LogP contribution in [0.2, 0.25) is 0 Å². The summed E-state index contributed by atoms with van der Waals surface area (Å²) in [6.45, 7) is 6.17. The summed E-state index contributed by atoms with van der Waals surface area (Å²) in [5, 5.41) is 3.32. The highest BCUT2D eigenvalue weighted by molar-refractivity contribution is 7.91. The largest absolute Gasteiger partial charge is 0.374 e. The van der Waals surface area contributed by atoms with Gasteiger partial charge in [-0.25, -0.2) is 8.42 Å². The third-order valence-electron chi connectivity index (χ3n) is 3.66. The van der Waals surface area contributed by atoms with Gasteiger partial charge < -0.3 is 10.1 Å². The number of hydrogen-bond donors (Lipinski definition) is 1. The third-order valence-corrected chi connectivity index (χ3v) is 5.38. The maximum atomic E-state index is 11.5. The number of nitrogens with one attached hydrogen (secondary N) is 1. The Morgan fingerprint density at radius 3 is 2.88 bits per heavy atom. The second-order valence-electron chi connectivity index (χ2n) is 4.90. The molecule has 0 spiro atoms. The molecular weight excluding hydrogens is 240 g/mol. The summed E-state index contributed by atoms with van der Waals surface area (Å²) in [6, 6.07) is 0.288. The SMILES string of the molecule is CC(C1CNCCO1)N1CCCS(=O)(=O)CC1. The highest BCUT2D eigenvalue weighted by atomic mass is 32.2. The molecule has 0 aromatic carbocycles. The quantitative estimate of drug-likeness (QED) is 0.726. The topological polar surface area (TPSA) is 58.6 Å². The van der Waals surface area contributed by atoms with Gasteiger partial charge in [-0.05, 0) is 19.9 Å². The van der Waals surface area contributed by atoms with E-state index in [2.05, 4.69) is 17.1 Å². The molecule has 2 atom stereocenters. The number of morpholine rings is 1. The van der Waals surface area contributed by atoms with Crippen LogP contribution in [0.4, 0.5) is 0 Å². The molecule has 2 unspecified atom stereocenters. The zero-order chi connectivity index (χ0) is 12.3.